The van der Waals surface area contributed by atoms with Crippen LogP contribution in [0.25, 0.3) is 0 Å². The summed E-state index contributed by atoms with van der Waals surface area (Å²) >= 11 is 2.05. The maximum atomic E-state index is 3.62. The molecular formula is C16H26N2S. The second-order valence-electron chi connectivity index (χ2n) is 5.34. The lowest BCUT2D eigenvalue weighted by atomic mass is 10.0. The van der Waals surface area contributed by atoms with Crippen molar-refractivity contribution in [3.8, 4) is 0 Å². The molecule has 0 aliphatic carbocycles. The predicted octanol–water partition coefficient (Wildman–Crippen LogP) is 2.64. The van der Waals surface area contributed by atoms with Crippen molar-refractivity contribution in [2.75, 3.05) is 31.1 Å². The van der Waals surface area contributed by atoms with Crippen LogP contribution < -0.4 is 5.32 Å². The summed E-state index contributed by atoms with van der Waals surface area (Å²) in [5, 5.41) is 3.62. The first kappa shape index (κ1) is 14.9. The molecule has 3 heteroatoms. The van der Waals surface area contributed by atoms with Crippen molar-refractivity contribution in [2.24, 2.45) is 0 Å². The molecule has 0 saturated carbocycles. The Morgan fingerprint density at radius 3 is 2.84 bits per heavy atom. The van der Waals surface area contributed by atoms with Gasteiger partial charge >= 0.3 is 0 Å². The lowest BCUT2D eigenvalue weighted by molar-refractivity contribution is 0.143. The first-order valence-corrected chi connectivity index (χ1v) is 8.54. The fourth-order valence-corrected chi connectivity index (χ4v) is 3.37. The minimum atomic E-state index is 0.624. The predicted molar refractivity (Wildman–Crippen MR) is 86.0 cm³/mol. The molecule has 2 nitrogen and oxygen atoms in total. The van der Waals surface area contributed by atoms with Gasteiger partial charge in [0, 0.05) is 37.5 Å². The molecule has 19 heavy (non-hydrogen) atoms. The van der Waals surface area contributed by atoms with Crippen LogP contribution in [0.2, 0.25) is 0 Å². The molecule has 2 atom stereocenters. The van der Waals surface area contributed by atoms with Crippen LogP contribution in [0.1, 0.15) is 19.4 Å². The van der Waals surface area contributed by atoms with Gasteiger partial charge in [0.25, 0.3) is 0 Å². The molecule has 1 aliphatic rings. The molecule has 0 radical (unpaired) electrons. The van der Waals surface area contributed by atoms with E-state index >= 15 is 0 Å². The summed E-state index contributed by atoms with van der Waals surface area (Å²) in [5.74, 6) is 2.49. The van der Waals surface area contributed by atoms with Crippen LogP contribution in [0.15, 0.2) is 30.3 Å². The number of rotatable bonds is 6. The monoisotopic (exact) mass is 278 g/mol. The highest BCUT2D eigenvalue weighted by molar-refractivity contribution is 7.99. The zero-order valence-electron chi connectivity index (χ0n) is 12.1. The summed E-state index contributed by atoms with van der Waals surface area (Å²) in [7, 11) is 0. The number of nitrogens with zero attached hydrogens (tertiary/aromatic N) is 1. The lowest BCUT2D eigenvalue weighted by Crippen LogP contribution is -2.56. The number of hydrogen-bond acceptors (Lipinski definition) is 3. The summed E-state index contributed by atoms with van der Waals surface area (Å²) in [6.07, 6.45) is 1.16. The van der Waals surface area contributed by atoms with Gasteiger partial charge in [0.15, 0.2) is 0 Å². The number of nitrogens with one attached hydrogen (secondary N) is 1. The van der Waals surface area contributed by atoms with E-state index in [9.17, 15) is 0 Å². The van der Waals surface area contributed by atoms with Gasteiger partial charge in [-0.3, -0.25) is 4.90 Å². The highest BCUT2D eigenvalue weighted by Crippen LogP contribution is 2.14. The Kier molecular flexibility index (Phi) is 6.21. The van der Waals surface area contributed by atoms with Gasteiger partial charge in [0.05, 0.1) is 0 Å². The van der Waals surface area contributed by atoms with Crippen molar-refractivity contribution < 1.29 is 0 Å². The second-order valence-corrected chi connectivity index (χ2v) is 6.74. The van der Waals surface area contributed by atoms with E-state index in [4.69, 9.17) is 0 Å². The van der Waals surface area contributed by atoms with Gasteiger partial charge in [-0.15, -0.1) is 0 Å². The van der Waals surface area contributed by atoms with Crippen LogP contribution >= 0.6 is 11.8 Å². The minimum absolute atomic E-state index is 0.624. The Morgan fingerprint density at radius 1 is 1.32 bits per heavy atom. The third kappa shape index (κ3) is 4.83. The van der Waals surface area contributed by atoms with Gasteiger partial charge in [0.2, 0.25) is 0 Å². The van der Waals surface area contributed by atoms with Crippen molar-refractivity contribution in [2.45, 2.75) is 32.4 Å². The van der Waals surface area contributed by atoms with Crippen LogP contribution in [0.4, 0.5) is 0 Å². The van der Waals surface area contributed by atoms with E-state index < -0.39 is 0 Å². The second kappa shape index (κ2) is 7.93. The largest absolute Gasteiger partial charge is 0.311 e. The first-order chi connectivity index (χ1) is 9.29. The van der Waals surface area contributed by atoms with Gasteiger partial charge in [-0.25, -0.2) is 0 Å². The van der Waals surface area contributed by atoms with Crippen LogP contribution in [-0.4, -0.2) is 48.1 Å². The van der Waals surface area contributed by atoms with Gasteiger partial charge < -0.3 is 5.32 Å². The zero-order chi connectivity index (χ0) is 13.5. The first-order valence-electron chi connectivity index (χ1n) is 7.38. The Labute approximate surface area is 122 Å². The summed E-state index contributed by atoms with van der Waals surface area (Å²) in [5.41, 5.74) is 1.46. The number of piperazine rings is 1. The standard InChI is InChI=1S/C16H26N2S/c1-3-19-10-9-18-13-14(2)17-12-16(18)11-15-7-5-4-6-8-15/h4-8,14,16-17H,3,9-13H2,1-2H3. The van der Waals surface area contributed by atoms with E-state index in [2.05, 4.69) is 54.4 Å². The molecule has 1 saturated heterocycles. The van der Waals surface area contributed by atoms with E-state index in [-0.39, 0.29) is 0 Å². The molecule has 1 aliphatic heterocycles. The Hall–Kier alpha value is -0.510. The smallest absolute Gasteiger partial charge is 0.0262 e. The molecular weight excluding hydrogens is 252 g/mol. The fraction of sp³-hybridized carbons (Fsp3) is 0.625. The average molecular weight is 278 g/mol. The summed E-state index contributed by atoms with van der Waals surface area (Å²) in [6.45, 7) is 8.06. The number of thioether (sulfide) groups is 1. The van der Waals surface area contributed by atoms with Crippen molar-refractivity contribution in [3.63, 3.8) is 0 Å². The summed E-state index contributed by atoms with van der Waals surface area (Å²) in [4.78, 5) is 2.68. The topological polar surface area (TPSA) is 15.3 Å². The van der Waals surface area contributed by atoms with E-state index in [1.54, 1.807) is 0 Å². The van der Waals surface area contributed by atoms with Crippen LogP contribution in [0.5, 0.6) is 0 Å². The fourth-order valence-electron chi connectivity index (χ4n) is 2.72. The van der Waals surface area contributed by atoms with Crippen LogP contribution in [0, 0.1) is 0 Å². The van der Waals surface area contributed by atoms with E-state index in [0.29, 0.717) is 12.1 Å². The molecule has 106 valence electrons. The average Bonchev–Trinajstić information content (AvgIpc) is 2.43. The summed E-state index contributed by atoms with van der Waals surface area (Å²) < 4.78 is 0. The summed E-state index contributed by atoms with van der Waals surface area (Å²) in [6, 6.07) is 12.2. The Bertz CT molecular complexity index is 355. The molecule has 0 amide bonds. The van der Waals surface area contributed by atoms with Crippen LogP contribution in [0.3, 0.4) is 0 Å². The Morgan fingerprint density at radius 2 is 2.11 bits per heavy atom. The normalized spacial score (nSPS) is 24.5. The van der Waals surface area contributed by atoms with Crippen molar-refractivity contribution in [1.29, 1.82) is 0 Å². The SMILES string of the molecule is CCSCCN1CC(C)NCC1Cc1ccccc1. The van der Waals surface area contributed by atoms with Gasteiger partial charge in [0.1, 0.15) is 0 Å². The lowest BCUT2D eigenvalue weighted by Gasteiger charge is -2.39. The van der Waals surface area contributed by atoms with Gasteiger partial charge in [-0.2, -0.15) is 11.8 Å². The highest BCUT2D eigenvalue weighted by Gasteiger charge is 2.25. The molecule has 0 spiro atoms. The molecule has 1 aromatic carbocycles. The molecule has 0 bridgehead atoms. The van der Waals surface area contributed by atoms with E-state index in [1.165, 1.54) is 30.2 Å². The maximum absolute atomic E-state index is 3.62. The number of hydrogen-bond donors (Lipinski definition) is 1. The van der Waals surface area contributed by atoms with Crippen molar-refractivity contribution >= 4 is 11.8 Å². The van der Waals surface area contributed by atoms with Gasteiger partial charge in [-0.05, 0) is 24.7 Å². The molecule has 1 N–H and O–H groups in total. The van der Waals surface area contributed by atoms with E-state index in [1.807, 2.05) is 11.8 Å². The third-order valence-electron chi connectivity index (χ3n) is 3.77. The molecule has 2 rings (SSSR count). The molecule has 1 heterocycles. The molecule has 1 aromatic rings. The maximum Gasteiger partial charge on any atom is 0.0262 e. The third-order valence-corrected chi connectivity index (χ3v) is 4.65. The molecule has 1 fully saturated rings. The Balaban J connectivity index is 1.91. The van der Waals surface area contributed by atoms with E-state index in [0.717, 1.165) is 13.0 Å². The molecule has 0 aromatic heterocycles. The zero-order valence-corrected chi connectivity index (χ0v) is 13.0. The van der Waals surface area contributed by atoms with Crippen molar-refractivity contribution in [3.05, 3.63) is 35.9 Å². The quantitative estimate of drug-likeness (QED) is 0.805. The van der Waals surface area contributed by atoms with Crippen LogP contribution in [-0.2, 0) is 6.42 Å². The minimum Gasteiger partial charge on any atom is -0.311 e. The van der Waals surface area contributed by atoms with Gasteiger partial charge in [-0.1, -0.05) is 37.3 Å². The van der Waals surface area contributed by atoms with Crippen molar-refractivity contribution in [1.82, 2.24) is 10.2 Å². The highest BCUT2D eigenvalue weighted by atomic mass is 32.2. The number of benzene rings is 1. The molecule has 2 unspecified atom stereocenters.